The monoisotopic (exact) mass is 310 g/mol. The lowest BCUT2D eigenvalue weighted by Gasteiger charge is -2.16. The van der Waals surface area contributed by atoms with Crippen LogP contribution in [0.4, 0.5) is 4.39 Å². The summed E-state index contributed by atoms with van der Waals surface area (Å²) < 4.78 is 15.2. The number of hydrogen-bond acceptors (Lipinski definition) is 2. The Bertz CT molecular complexity index is 874. The quantitative estimate of drug-likeness (QED) is 0.716. The van der Waals surface area contributed by atoms with Crippen LogP contribution < -0.4 is 0 Å². The third-order valence-electron chi connectivity index (χ3n) is 3.89. The van der Waals surface area contributed by atoms with Gasteiger partial charge in [0.25, 0.3) is 0 Å². The highest BCUT2D eigenvalue weighted by molar-refractivity contribution is 5.94. The Balaban J connectivity index is 2.12. The zero-order valence-electron chi connectivity index (χ0n) is 13.5. The first-order valence-electron chi connectivity index (χ1n) is 7.61. The molecule has 0 saturated heterocycles. The summed E-state index contributed by atoms with van der Waals surface area (Å²) >= 11 is 0. The Morgan fingerprint density at radius 3 is 2.57 bits per heavy atom. The molecule has 2 aromatic carbocycles. The molecule has 0 atom stereocenters. The van der Waals surface area contributed by atoms with Gasteiger partial charge in [0, 0.05) is 16.4 Å². The largest absolute Gasteiger partial charge is 0.297 e. The maximum absolute atomic E-state index is 13.5. The Kier molecular flexibility index (Phi) is 3.76. The van der Waals surface area contributed by atoms with Gasteiger partial charge >= 0.3 is 0 Å². The summed E-state index contributed by atoms with van der Waals surface area (Å²) in [6, 6.07) is 14.1. The van der Waals surface area contributed by atoms with E-state index in [9.17, 15) is 9.18 Å². The third kappa shape index (κ3) is 3.02. The summed E-state index contributed by atoms with van der Waals surface area (Å²) in [5, 5.41) is 5.50. The molecule has 3 nitrogen and oxygen atoms in total. The van der Waals surface area contributed by atoms with E-state index in [1.165, 1.54) is 12.1 Å². The van der Waals surface area contributed by atoms with E-state index in [0.29, 0.717) is 11.3 Å². The number of aromatic nitrogens is 2. The molecule has 118 valence electrons. The van der Waals surface area contributed by atoms with Gasteiger partial charge in [-0.3, -0.25) is 9.48 Å². The molecule has 0 bridgehead atoms. The second kappa shape index (κ2) is 5.61. The molecule has 23 heavy (non-hydrogen) atoms. The number of fused-ring (bicyclic) bond motifs is 1. The number of nitrogens with zero attached hydrogens (tertiary/aromatic N) is 2. The molecule has 4 heteroatoms. The highest BCUT2D eigenvalue weighted by atomic mass is 19.1. The predicted octanol–water partition coefficient (Wildman–Crippen LogP) is 4.46. The van der Waals surface area contributed by atoms with Crippen LogP contribution in [0.1, 0.15) is 20.8 Å². The fourth-order valence-corrected chi connectivity index (χ4v) is 2.47. The number of Topliss-reactive ketones (excluding diaryl/α,β-unsaturated/α-hetero) is 1. The van der Waals surface area contributed by atoms with Crippen LogP contribution >= 0.6 is 0 Å². The number of rotatable bonds is 3. The standard InChI is InChI=1S/C19H19FN2O/c1-19(2,3)17(23)12-22-16-10-5-4-9-15(16)18(21-22)13-7-6-8-14(20)11-13/h4-11H,12H2,1-3H3. The fraction of sp³-hybridized carbons (Fsp3) is 0.263. The summed E-state index contributed by atoms with van der Waals surface area (Å²) in [4.78, 5) is 12.4. The maximum atomic E-state index is 13.5. The summed E-state index contributed by atoms with van der Waals surface area (Å²) in [5.41, 5.74) is 1.86. The van der Waals surface area contributed by atoms with Crippen molar-refractivity contribution < 1.29 is 9.18 Å². The molecule has 0 aliphatic carbocycles. The molecule has 0 saturated carbocycles. The molecule has 0 aliphatic heterocycles. The first kappa shape index (κ1) is 15.4. The number of para-hydroxylation sites is 1. The number of carbonyl (C=O) groups excluding carboxylic acids is 1. The average molecular weight is 310 g/mol. The molecule has 0 spiro atoms. The lowest BCUT2D eigenvalue weighted by molar-refractivity contribution is -0.127. The van der Waals surface area contributed by atoms with E-state index in [4.69, 9.17) is 0 Å². The molecule has 0 amide bonds. The Morgan fingerprint density at radius 1 is 1.13 bits per heavy atom. The van der Waals surface area contributed by atoms with Crippen molar-refractivity contribution in [2.45, 2.75) is 27.3 Å². The van der Waals surface area contributed by atoms with Crippen LogP contribution in [0.15, 0.2) is 48.5 Å². The van der Waals surface area contributed by atoms with Crippen molar-refractivity contribution >= 4 is 16.7 Å². The van der Waals surface area contributed by atoms with Crippen molar-refractivity contribution in [2.24, 2.45) is 5.41 Å². The van der Waals surface area contributed by atoms with Gasteiger partial charge in [-0.2, -0.15) is 5.10 Å². The van der Waals surface area contributed by atoms with E-state index in [1.54, 1.807) is 10.7 Å². The van der Waals surface area contributed by atoms with Gasteiger partial charge in [0.05, 0.1) is 5.52 Å². The van der Waals surface area contributed by atoms with E-state index in [-0.39, 0.29) is 18.1 Å². The molecule has 0 aliphatic rings. The summed E-state index contributed by atoms with van der Waals surface area (Å²) in [5.74, 6) is -0.191. The molecule has 0 N–H and O–H groups in total. The summed E-state index contributed by atoms with van der Waals surface area (Å²) in [7, 11) is 0. The molecule has 0 fully saturated rings. The zero-order chi connectivity index (χ0) is 16.6. The van der Waals surface area contributed by atoms with Crippen molar-refractivity contribution in [2.75, 3.05) is 0 Å². The van der Waals surface area contributed by atoms with E-state index in [2.05, 4.69) is 5.10 Å². The highest BCUT2D eigenvalue weighted by Crippen LogP contribution is 2.29. The van der Waals surface area contributed by atoms with E-state index >= 15 is 0 Å². The van der Waals surface area contributed by atoms with Crippen molar-refractivity contribution in [3.05, 3.63) is 54.3 Å². The van der Waals surface area contributed by atoms with Gasteiger partial charge in [0.1, 0.15) is 18.1 Å². The van der Waals surface area contributed by atoms with E-state index in [1.807, 2.05) is 51.1 Å². The Labute approximate surface area is 134 Å². The van der Waals surface area contributed by atoms with Crippen LogP contribution in [0.25, 0.3) is 22.2 Å². The molecule has 0 unspecified atom stereocenters. The number of benzene rings is 2. The fourth-order valence-electron chi connectivity index (χ4n) is 2.47. The highest BCUT2D eigenvalue weighted by Gasteiger charge is 2.23. The Morgan fingerprint density at radius 2 is 1.87 bits per heavy atom. The smallest absolute Gasteiger partial charge is 0.159 e. The van der Waals surface area contributed by atoms with E-state index in [0.717, 1.165) is 10.9 Å². The zero-order valence-corrected chi connectivity index (χ0v) is 13.5. The third-order valence-corrected chi connectivity index (χ3v) is 3.89. The molecule has 1 aromatic heterocycles. The maximum Gasteiger partial charge on any atom is 0.159 e. The van der Waals surface area contributed by atoms with E-state index < -0.39 is 5.41 Å². The SMILES string of the molecule is CC(C)(C)C(=O)Cn1nc(-c2cccc(F)c2)c2ccccc21. The van der Waals surface area contributed by atoms with Gasteiger partial charge in [0.2, 0.25) is 0 Å². The lowest BCUT2D eigenvalue weighted by Crippen LogP contribution is -2.25. The minimum Gasteiger partial charge on any atom is -0.297 e. The Hall–Kier alpha value is -2.49. The second-order valence-corrected chi connectivity index (χ2v) is 6.71. The van der Waals surface area contributed by atoms with Gasteiger partial charge < -0.3 is 0 Å². The second-order valence-electron chi connectivity index (χ2n) is 6.71. The van der Waals surface area contributed by atoms with Crippen LogP contribution in [0, 0.1) is 11.2 Å². The number of ketones is 1. The topological polar surface area (TPSA) is 34.9 Å². The molecular weight excluding hydrogens is 291 g/mol. The van der Waals surface area contributed by atoms with Crippen molar-refractivity contribution in [1.29, 1.82) is 0 Å². The molecule has 3 aromatic rings. The van der Waals surface area contributed by atoms with Gasteiger partial charge in [-0.15, -0.1) is 0 Å². The molecule has 1 heterocycles. The molecule has 3 rings (SSSR count). The predicted molar refractivity (Wildman–Crippen MR) is 89.6 cm³/mol. The summed E-state index contributed by atoms with van der Waals surface area (Å²) in [6.45, 7) is 5.90. The van der Waals surface area contributed by atoms with Gasteiger partial charge in [0.15, 0.2) is 5.78 Å². The van der Waals surface area contributed by atoms with Crippen LogP contribution in [0.3, 0.4) is 0 Å². The van der Waals surface area contributed by atoms with Crippen molar-refractivity contribution in [3.8, 4) is 11.3 Å². The number of halogens is 1. The minimum atomic E-state index is -0.425. The van der Waals surface area contributed by atoms with Crippen LogP contribution in [-0.4, -0.2) is 15.6 Å². The van der Waals surface area contributed by atoms with Crippen molar-refractivity contribution in [1.82, 2.24) is 9.78 Å². The normalized spacial score (nSPS) is 11.8. The van der Waals surface area contributed by atoms with Crippen LogP contribution in [0.2, 0.25) is 0 Å². The number of hydrogen-bond donors (Lipinski definition) is 0. The lowest BCUT2D eigenvalue weighted by atomic mass is 9.91. The van der Waals surface area contributed by atoms with Crippen LogP contribution in [0.5, 0.6) is 0 Å². The van der Waals surface area contributed by atoms with Crippen molar-refractivity contribution in [3.63, 3.8) is 0 Å². The first-order valence-corrected chi connectivity index (χ1v) is 7.61. The van der Waals surface area contributed by atoms with Gasteiger partial charge in [-0.05, 0) is 18.2 Å². The van der Waals surface area contributed by atoms with Gasteiger partial charge in [-0.25, -0.2) is 4.39 Å². The average Bonchev–Trinajstić information content (AvgIpc) is 2.85. The van der Waals surface area contributed by atoms with Gasteiger partial charge in [-0.1, -0.05) is 51.1 Å². The summed E-state index contributed by atoms with van der Waals surface area (Å²) in [6.07, 6.45) is 0. The first-order chi connectivity index (χ1) is 10.9. The minimum absolute atomic E-state index is 0.108. The molecule has 0 radical (unpaired) electrons. The van der Waals surface area contributed by atoms with Crippen LogP contribution in [-0.2, 0) is 11.3 Å². The number of carbonyl (C=O) groups is 1. The molecular formula is C19H19FN2O.